The van der Waals surface area contributed by atoms with Gasteiger partial charge in [-0.25, -0.2) is 0 Å². The maximum atomic E-state index is 12.7. The maximum absolute atomic E-state index is 12.7. The minimum Gasteiger partial charge on any atom is -0.386 e. The van der Waals surface area contributed by atoms with Crippen molar-refractivity contribution in [2.45, 2.75) is 52.1 Å². The minimum absolute atomic E-state index is 0.173. The van der Waals surface area contributed by atoms with Gasteiger partial charge in [-0.3, -0.25) is 4.79 Å². The van der Waals surface area contributed by atoms with Crippen molar-refractivity contribution in [2.75, 3.05) is 19.6 Å². The smallest absolute Gasteiger partial charge is 0.230 e. The lowest BCUT2D eigenvalue weighted by molar-refractivity contribution is -0.175. The number of carbonyl (C=O) groups excluding carboxylic acids is 1. The summed E-state index contributed by atoms with van der Waals surface area (Å²) in [6.07, 6.45) is 3.98. The van der Waals surface area contributed by atoms with Crippen molar-refractivity contribution < 1.29 is 9.90 Å². The fourth-order valence-corrected chi connectivity index (χ4v) is 3.28. The molecule has 2 aliphatic rings. The summed E-state index contributed by atoms with van der Waals surface area (Å²) in [6, 6.07) is 0. The first-order chi connectivity index (χ1) is 8.83. The van der Waals surface area contributed by atoms with Crippen molar-refractivity contribution >= 4 is 5.91 Å². The molecular formula is C15H28N2O2. The van der Waals surface area contributed by atoms with E-state index in [-0.39, 0.29) is 17.2 Å². The van der Waals surface area contributed by atoms with Gasteiger partial charge in [-0.05, 0) is 37.5 Å². The van der Waals surface area contributed by atoms with E-state index in [1.807, 2.05) is 18.7 Å². The van der Waals surface area contributed by atoms with Crippen molar-refractivity contribution in [1.82, 2.24) is 4.90 Å². The van der Waals surface area contributed by atoms with Crippen molar-refractivity contribution in [3.63, 3.8) is 0 Å². The van der Waals surface area contributed by atoms with Crippen molar-refractivity contribution in [3.05, 3.63) is 0 Å². The van der Waals surface area contributed by atoms with Crippen LogP contribution in [0.25, 0.3) is 0 Å². The summed E-state index contributed by atoms with van der Waals surface area (Å²) in [4.78, 5) is 14.5. The van der Waals surface area contributed by atoms with Gasteiger partial charge in [-0.2, -0.15) is 0 Å². The zero-order valence-corrected chi connectivity index (χ0v) is 12.5. The molecule has 1 saturated carbocycles. The quantitative estimate of drug-likeness (QED) is 0.812. The normalized spacial score (nSPS) is 34.2. The first-order valence-electron chi connectivity index (χ1n) is 7.55. The summed E-state index contributed by atoms with van der Waals surface area (Å²) < 4.78 is 0. The van der Waals surface area contributed by atoms with Crippen molar-refractivity contribution in [3.8, 4) is 0 Å². The van der Waals surface area contributed by atoms with E-state index in [2.05, 4.69) is 6.92 Å². The Labute approximate surface area is 116 Å². The van der Waals surface area contributed by atoms with Crippen molar-refractivity contribution in [2.24, 2.45) is 23.0 Å². The van der Waals surface area contributed by atoms with Crippen LogP contribution in [0.5, 0.6) is 0 Å². The van der Waals surface area contributed by atoms with E-state index in [9.17, 15) is 9.90 Å². The van der Waals surface area contributed by atoms with Crippen LogP contribution >= 0.6 is 0 Å². The van der Waals surface area contributed by atoms with Gasteiger partial charge in [0.2, 0.25) is 5.91 Å². The fourth-order valence-electron chi connectivity index (χ4n) is 3.28. The van der Waals surface area contributed by atoms with Crippen LogP contribution in [-0.2, 0) is 4.79 Å². The molecule has 1 aliphatic carbocycles. The van der Waals surface area contributed by atoms with Gasteiger partial charge >= 0.3 is 0 Å². The summed E-state index contributed by atoms with van der Waals surface area (Å²) in [5.74, 6) is 1.07. The minimum atomic E-state index is -0.687. The number of aliphatic hydroxyl groups is 1. The van der Waals surface area contributed by atoms with Gasteiger partial charge < -0.3 is 15.7 Å². The molecule has 0 bridgehead atoms. The van der Waals surface area contributed by atoms with E-state index in [0.717, 1.165) is 25.7 Å². The maximum Gasteiger partial charge on any atom is 0.230 e. The van der Waals surface area contributed by atoms with Gasteiger partial charge in [0, 0.05) is 6.54 Å². The number of hydrogen-bond donors (Lipinski definition) is 2. The first-order valence-corrected chi connectivity index (χ1v) is 7.55. The molecule has 0 aromatic heterocycles. The molecule has 110 valence electrons. The average Bonchev–Trinajstić information content (AvgIpc) is 2.35. The number of nitrogens with zero attached hydrogens (tertiary/aromatic N) is 1. The van der Waals surface area contributed by atoms with Gasteiger partial charge in [0.25, 0.3) is 0 Å². The summed E-state index contributed by atoms with van der Waals surface area (Å²) >= 11 is 0. The highest BCUT2D eigenvalue weighted by atomic mass is 16.3. The number of nitrogens with two attached hydrogens (primary N) is 1. The van der Waals surface area contributed by atoms with E-state index >= 15 is 0 Å². The Hall–Kier alpha value is -0.610. The van der Waals surface area contributed by atoms with E-state index in [4.69, 9.17) is 5.73 Å². The largest absolute Gasteiger partial charge is 0.386 e. The highest BCUT2D eigenvalue weighted by Crippen LogP contribution is 2.42. The van der Waals surface area contributed by atoms with Crippen LogP contribution in [-0.4, -0.2) is 41.1 Å². The number of likely N-dealkylation sites (tertiary alicyclic amines) is 1. The van der Waals surface area contributed by atoms with Gasteiger partial charge in [0.1, 0.15) is 5.60 Å². The molecule has 0 spiro atoms. The average molecular weight is 268 g/mol. The Morgan fingerprint density at radius 1 is 1.37 bits per heavy atom. The molecule has 1 heterocycles. The number of carbonyl (C=O) groups is 1. The monoisotopic (exact) mass is 268 g/mol. The molecule has 0 aromatic carbocycles. The second-order valence-electron chi connectivity index (χ2n) is 7.09. The van der Waals surface area contributed by atoms with Gasteiger partial charge in [0.05, 0.1) is 18.5 Å². The molecule has 1 amide bonds. The molecular weight excluding hydrogens is 240 g/mol. The van der Waals surface area contributed by atoms with Gasteiger partial charge in [-0.1, -0.05) is 20.8 Å². The Bertz CT molecular complexity index is 340. The third kappa shape index (κ3) is 2.52. The second kappa shape index (κ2) is 5.06. The van der Waals surface area contributed by atoms with E-state index < -0.39 is 5.60 Å². The van der Waals surface area contributed by atoms with Crippen LogP contribution in [0.3, 0.4) is 0 Å². The molecule has 0 atom stereocenters. The van der Waals surface area contributed by atoms with E-state index in [1.54, 1.807) is 0 Å². The molecule has 4 heteroatoms. The van der Waals surface area contributed by atoms with E-state index in [0.29, 0.717) is 25.6 Å². The lowest BCUT2D eigenvalue weighted by Crippen LogP contribution is -2.68. The lowest BCUT2D eigenvalue weighted by Gasteiger charge is -2.52. The summed E-state index contributed by atoms with van der Waals surface area (Å²) in [7, 11) is 0. The number of β-amino-alcohol motifs (C(OH)–C–C–N with tert-alkyl or cyclic N) is 1. The topological polar surface area (TPSA) is 66.6 Å². The molecule has 0 aromatic rings. The molecule has 19 heavy (non-hydrogen) atoms. The Morgan fingerprint density at radius 3 is 2.32 bits per heavy atom. The second-order valence-corrected chi connectivity index (χ2v) is 7.09. The summed E-state index contributed by atoms with van der Waals surface area (Å²) in [6.45, 7) is 7.63. The van der Waals surface area contributed by atoms with Crippen LogP contribution in [0.1, 0.15) is 46.5 Å². The Morgan fingerprint density at radius 2 is 1.89 bits per heavy atom. The predicted molar refractivity (Wildman–Crippen MR) is 75.5 cm³/mol. The Kier molecular flexibility index (Phi) is 3.94. The zero-order valence-electron chi connectivity index (χ0n) is 12.5. The van der Waals surface area contributed by atoms with Gasteiger partial charge in [0.15, 0.2) is 0 Å². The summed E-state index contributed by atoms with van der Waals surface area (Å²) in [5, 5.41) is 10.3. The van der Waals surface area contributed by atoms with Gasteiger partial charge in [-0.15, -0.1) is 0 Å². The Balaban J connectivity index is 2.00. The highest BCUT2D eigenvalue weighted by Gasteiger charge is 2.51. The number of amides is 1. The van der Waals surface area contributed by atoms with Crippen LogP contribution in [0, 0.1) is 17.3 Å². The molecule has 2 rings (SSSR count). The molecule has 2 fully saturated rings. The van der Waals surface area contributed by atoms with Crippen LogP contribution < -0.4 is 5.73 Å². The van der Waals surface area contributed by atoms with Crippen LogP contribution in [0.2, 0.25) is 0 Å². The molecule has 3 N–H and O–H groups in total. The summed E-state index contributed by atoms with van der Waals surface area (Å²) in [5.41, 5.74) is 4.88. The lowest BCUT2D eigenvalue weighted by atomic mass is 9.69. The number of hydrogen-bond acceptors (Lipinski definition) is 3. The standard InChI is InChI=1S/C15H28N2O2/c1-11(2)15(19)9-17(10-15)13(18)14(8-16)6-4-12(3)5-7-14/h11-12,19H,4-10,16H2,1-3H3. The third-order valence-corrected chi connectivity index (χ3v) is 5.37. The molecule has 1 saturated heterocycles. The van der Waals surface area contributed by atoms with Crippen molar-refractivity contribution in [1.29, 1.82) is 0 Å². The SMILES string of the molecule is CC1CCC(CN)(C(=O)N2CC(O)(C(C)C)C2)CC1. The van der Waals surface area contributed by atoms with Crippen LogP contribution in [0.15, 0.2) is 0 Å². The third-order valence-electron chi connectivity index (χ3n) is 5.37. The molecule has 0 radical (unpaired) electrons. The fraction of sp³-hybridized carbons (Fsp3) is 0.933. The van der Waals surface area contributed by atoms with Crippen LogP contribution in [0.4, 0.5) is 0 Å². The zero-order chi connectivity index (χ0) is 14.3. The van der Waals surface area contributed by atoms with E-state index in [1.165, 1.54) is 0 Å². The molecule has 0 unspecified atom stereocenters. The molecule has 1 aliphatic heterocycles. The molecule has 4 nitrogen and oxygen atoms in total. The number of rotatable bonds is 3. The predicted octanol–water partition coefficient (Wildman–Crippen LogP) is 1.37. The first kappa shape index (κ1) is 14.8. The highest BCUT2D eigenvalue weighted by molar-refractivity contribution is 5.84.